The summed E-state index contributed by atoms with van der Waals surface area (Å²) >= 11 is 0. The average molecular weight is 267 g/mol. The molecule has 0 aliphatic rings. The van der Waals surface area contributed by atoms with Gasteiger partial charge in [-0.05, 0) is 0 Å². The third-order valence-corrected chi connectivity index (χ3v) is 0. The number of hydrogen-bond acceptors (Lipinski definition) is 8. The van der Waals surface area contributed by atoms with Gasteiger partial charge >= 0.3 is 64.3 Å². The normalized spacial score (nSPS) is 9.08. The zero-order chi connectivity index (χ0) is 9.00. The van der Waals surface area contributed by atoms with Crippen molar-refractivity contribution < 1.29 is 68.0 Å². The van der Waals surface area contributed by atoms with E-state index in [1.54, 1.807) is 0 Å². The van der Waals surface area contributed by atoms with Gasteiger partial charge in [0.25, 0.3) is 0 Å². The van der Waals surface area contributed by atoms with E-state index in [1.807, 2.05) is 0 Å². The number of hydrogen-bond donors (Lipinski definition) is 0. The molecule has 0 aromatic carbocycles. The van der Waals surface area contributed by atoms with Crippen molar-refractivity contribution in [3.8, 4) is 0 Å². The van der Waals surface area contributed by atoms with Crippen LogP contribution >= 0.6 is 15.6 Å². The van der Waals surface area contributed by atoms with Crippen LogP contribution in [0.4, 0.5) is 0 Å². The Balaban J connectivity index is -0.0000000267. The minimum Gasteiger partial charge on any atom is -0.822 e. The largest absolute Gasteiger partial charge is 3.00 e. The summed E-state index contributed by atoms with van der Waals surface area (Å²) in [6.07, 6.45) is 0. The van der Waals surface area contributed by atoms with Crippen molar-refractivity contribution in [3.63, 3.8) is 0 Å². The molecule has 0 fully saturated rings. The molecule has 0 saturated carbocycles. The van der Waals surface area contributed by atoms with Crippen LogP contribution in [0.3, 0.4) is 0 Å². The molecule has 0 rings (SSSR count). The maximum Gasteiger partial charge on any atom is 3.00 e. The molecule has 0 spiro atoms. The van der Waals surface area contributed by atoms with Crippen molar-refractivity contribution in [2.75, 3.05) is 0 Å². The molecule has 8 nitrogen and oxygen atoms in total. The van der Waals surface area contributed by atoms with Gasteiger partial charge in [-0.15, -0.1) is 0 Å². The standard InChI is InChI=1S/2Al.Na.2H3O4P/c;;;2*1-5(2,3)4/h;;;2*(H3,1,2,3,4)/q2*+3;+1;;/p-6. The quantitative estimate of drug-likeness (QED) is 0.307. The van der Waals surface area contributed by atoms with Gasteiger partial charge in [0.2, 0.25) is 0 Å². The summed E-state index contributed by atoms with van der Waals surface area (Å²) < 4.78 is 17.1. The van der Waals surface area contributed by atoms with Crippen LogP contribution in [0.25, 0.3) is 0 Å². The molecule has 0 aliphatic carbocycles. The molecule has 0 saturated heterocycles. The monoisotopic (exact) mass is 267 g/mol. The van der Waals surface area contributed by atoms with Crippen molar-refractivity contribution in [1.82, 2.24) is 0 Å². The van der Waals surface area contributed by atoms with Crippen molar-refractivity contribution in [2.45, 2.75) is 0 Å². The Morgan fingerprint density at radius 2 is 0.615 bits per heavy atom. The zero-order valence-corrected chi connectivity index (χ0v) is 12.4. The van der Waals surface area contributed by atoms with E-state index in [2.05, 4.69) is 0 Å². The van der Waals surface area contributed by atoms with Crippen LogP contribution in [-0.4, -0.2) is 34.7 Å². The molecule has 64 valence electrons. The predicted molar refractivity (Wildman–Crippen MR) is 26.7 cm³/mol. The van der Waals surface area contributed by atoms with Gasteiger partial charge in [0.1, 0.15) is 0 Å². The van der Waals surface area contributed by atoms with Crippen molar-refractivity contribution in [1.29, 1.82) is 0 Å². The summed E-state index contributed by atoms with van der Waals surface area (Å²) in [6, 6.07) is 0. The van der Waals surface area contributed by atoms with Crippen LogP contribution in [0, 0.1) is 0 Å². The zero-order valence-electron chi connectivity index (χ0n) is 6.32. The Hall–Kier alpha value is 2.28. The summed E-state index contributed by atoms with van der Waals surface area (Å²) in [4.78, 5) is 51.3. The molecule has 0 bridgehead atoms. The van der Waals surface area contributed by atoms with Crippen LogP contribution in [0.1, 0.15) is 0 Å². The maximum absolute atomic E-state index is 8.55. The first-order valence-electron chi connectivity index (χ1n) is 1.46. The SMILES string of the molecule is O=P([O-])([O-])[O-].O=P([O-])([O-])[O-].[Al+3].[Al+3].[Na+]. The Kier molecular flexibility index (Phi) is 28.0. The van der Waals surface area contributed by atoms with E-state index in [0.29, 0.717) is 0 Å². The van der Waals surface area contributed by atoms with Gasteiger partial charge in [0.15, 0.2) is 0 Å². The van der Waals surface area contributed by atoms with Gasteiger partial charge in [-0.25, -0.2) is 0 Å². The second-order valence-corrected chi connectivity index (χ2v) is 2.68. The first-order valence-corrected chi connectivity index (χ1v) is 4.38. The summed E-state index contributed by atoms with van der Waals surface area (Å²) in [6.45, 7) is 0. The second kappa shape index (κ2) is 12.4. The minimum atomic E-state index is -5.39. The minimum absolute atomic E-state index is 0. The van der Waals surface area contributed by atoms with Crippen LogP contribution in [-0.2, 0) is 9.13 Å². The fourth-order valence-corrected chi connectivity index (χ4v) is 0. The molecule has 0 N–H and O–H groups in total. The van der Waals surface area contributed by atoms with Gasteiger partial charge in [0.05, 0.1) is 0 Å². The molecule has 0 aromatic rings. The van der Waals surface area contributed by atoms with E-state index >= 15 is 0 Å². The molecule has 0 radical (unpaired) electrons. The smallest absolute Gasteiger partial charge is 0.822 e. The first kappa shape index (κ1) is 29.5. The molecule has 13 heavy (non-hydrogen) atoms. The van der Waals surface area contributed by atoms with Crippen LogP contribution < -0.4 is 58.9 Å². The Bertz CT molecular complexity index is 132. The second-order valence-electron chi connectivity index (χ2n) is 0.894. The van der Waals surface area contributed by atoms with Crippen LogP contribution in [0.15, 0.2) is 0 Å². The Morgan fingerprint density at radius 1 is 0.615 bits per heavy atom. The van der Waals surface area contributed by atoms with Crippen molar-refractivity contribution in [2.24, 2.45) is 0 Å². The molecule has 0 atom stereocenters. The Morgan fingerprint density at radius 3 is 0.615 bits per heavy atom. The summed E-state index contributed by atoms with van der Waals surface area (Å²) in [5, 5.41) is 0. The maximum atomic E-state index is 8.55. The number of rotatable bonds is 0. The molecule has 13 heteroatoms. The first-order chi connectivity index (χ1) is 4.00. The predicted octanol–water partition coefficient (Wildman–Crippen LogP) is -9.41. The molecule has 0 unspecified atom stereocenters. The van der Waals surface area contributed by atoms with E-state index < -0.39 is 15.6 Å². The summed E-state index contributed by atoms with van der Waals surface area (Å²) in [5.74, 6) is 0. The van der Waals surface area contributed by atoms with Gasteiger partial charge in [-0.1, -0.05) is 0 Å². The number of phosphoric acid groups is 2. The topological polar surface area (TPSA) is 172 Å². The third-order valence-electron chi connectivity index (χ3n) is 0. The molecule has 0 heterocycles. The summed E-state index contributed by atoms with van der Waals surface area (Å²) in [5.41, 5.74) is 0. The van der Waals surface area contributed by atoms with Crippen LogP contribution in [0.5, 0.6) is 0 Å². The van der Waals surface area contributed by atoms with Crippen molar-refractivity contribution in [3.05, 3.63) is 0 Å². The average Bonchev–Trinajstić information content (AvgIpc) is 1.12. The van der Waals surface area contributed by atoms with E-state index in [0.717, 1.165) is 0 Å². The van der Waals surface area contributed by atoms with E-state index in [4.69, 9.17) is 38.5 Å². The van der Waals surface area contributed by atoms with E-state index in [9.17, 15) is 0 Å². The Labute approximate surface area is 117 Å². The molecule has 0 aromatic heterocycles. The van der Waals surface area contributed by atoms with Crippen molar-refractivity contribution >= 4 is 50.4 Å². The van der Waals surface area contributed by atoms with E-state index in [-0.39, 0.29) is 64.3 Å². The van der Waals surface area contributed by atoms with Gasteiger partial charge in [-0.2, -0.15) is 15.6 Å². The fraction of sp³-hybridized carbons (Fsp3) is 0. The van der Waals surface area contributed by atoms with Crippen LogP contribution in [0.2, 0.25) is 0 Å². The summed E-state index contributed by atoms with van der Waals surface area (Å²) in [7, 11) is -10.8. The van der Waals surface area contributed by atoms with Gasteiger partial charge in [-0.3, -0.25) is 0 Å². The van der Waals surface area contributed by atoms with Gasteiger partial charge < -0.3 is 38.5 Å². The molecular weight excluding hydrogens is 267 g/mol. The van der Waals surface area contributed by atoms with E-state index in [1.165, 1.54) is 0 Å². The molecular formula is Al2NaO8P2+. The fourth-order valence-electron chi connectivity index (χ4n) is 0. The third kappa shape index (κ3) is 413. The van der Waals surface area contributed by atoms with Gasteiger partial charge in [0, 0.05) is 0 Å². The molecule has 0 amide bonds. The molecule has 0 aliphatic heterocycles.